The van der Waals surface area contributed by atoms with Crippen LogP contribution in [0, 0.1) is 6.92 Å². The van der Waals surface area contributed by atoms with Crippen LogP contribution in [0.3, 0.4) is 0 Å². The summed E-state index contributed by atoms with van der Waals surface area (Å²) >= 11 is 0. The second-order valence-corrected chi connectivity index (χ2v) is 5.88. The van der Waals surface area contributed by atoms with Gasteiger partial charge in [0.15, 0.2) is 0 Å². The third kappa shape index (κ3) is 5.52. The molecule has 0 aliphatic carbocycles. The first kappa shape index (κ1) is 19.3. The maximum absolute atomic E-state index is 11.3. The summed E-state index contributed by atoms with van der Waals surface area (Å²) in [6, 6.07) is 13.9. The van der Waals surface area contributed by atoms with Gasteiger partial charge in [-0.3, -0.25) is 0 Å². The summed E-state index contributed by atoms with van der Waals surface area (Å²) in [6.45, 7) is 9.51. The van der Waals surface area contributed by atoms with Gasteiger partial charge in [-0.25, -0.2) is 4.79 Å². The van der Waals surface area contributed by atoms with Gasteiger partial charge in [0, 0.05) is 17.2 Å². The van der Waals surface area contributed by atoms with Crippen LogP contribution in [0.25, 0.3) is 11.1 Å². The Morgan fingerprint density at radius 3 is 2.50 bits per heavy atom. The van der Waals surface area contributed by atoms with E-state index in [4.69, 9.17) is 14.2 Å². The van der Waals surface area contributed by atoms with Crippen LogP contribution in [0.1, 0.15) is 19.4 Å². The maximum atomic E-state index is 11.3. The minimum absolute atomic E-state index is 0.163. The third-order valence-corrected chi connectivity index (χ3v) is 3.58. The van der Waals surface area contributed by atoms with Gasteiger partial charge in [0.25, 0.3) is 0 Å². The van der Waals surface area contributed by atoms with Crippen molar-refractivity contribution in [3.05, 3.63) is 72.5 Å². The van der Waals surface area contributed by atoms with Crippen LogP contribution in [0.5, 0.6) is 11.5 Å². The second-order valence-electron chi connectivity index (χ2n) is 5.88. The molecule has 0 atom stereocenters. The predicted octanol–water partition coefficient (Wildman–Crippen LogP) is 5.07. The van der Waals surface area contributed by atoms with Crippen molar-refractivity contribution in [2.24, 2.45) is 0 Å². The molecule has 0 bridgehead atoms. The van der Waals surface area contributed by atoms with Crippen LogP contribution in [-0.4, -0.2) is 19.2 Å². The SMILES string of the molecule is C=C(C)C(=O)OCCOc1ccc(-c2ccc(C)cc2)c(OC=CC)c1. The summed E-state index contributed by atoms with van der Waals surface area (Å²) in [7, 11) is 0. The molecule has 26 heavy (non-hydrogen) atoms. The molecular weight excluding hydrogens is 328 g/mol. The van der Waals surface area contributed by atoms with E-state index < -0.39 is 5.97 Å². The number of allylic oxidation sites excluding steroid dienone is 1. The Bertz CT molecular complexity index is 788. The summed E-state index contributed by atoms with van der Waals surface area (Å²) in [5.74, 6) is 0.926. The first-order valence-electron chi connectivity index (χ1n) is 8.45. The maximum Gasteiger partial charge on any atom is 0.333 e. The molecule has 136 valence electrons. The van der Waals surface area contributed by atoms with Crippen LogP contribution in [0.2, 0.25) is 0 Å². The lowest BCUT2D eigenvalue weighted by Crippen LogP contribution is -2.12. The Morgan fingerprint density at radius 2 is 1.85 bits per heavy atom. The molecule has 0 aromatic heterocycles. The largest absolute Gasteiger partial charge is 0.490 e. The van der Waals surface area contributed by atoms with Crippen molar-refractivity contribution in [1.29, 1.82) is 0 Å². The van der Waals surface area contributed by atoms with Crippen molar-refractivity contribution in [3.63, 3.8) is 0 Å². The molecule has 2 rings (SSSR count). The molecule has 0 amide bonds. The Balaban J connectivity index is 2.10. The van der Waals surface area contributed by atoms with Gasteiger partial charge in [0.1, 0.15) is 24.7 Å². The fourth-order valence-corrected chi connectivity index (χ4v) is 2.22. The van der Waals surface area contributed by atoms with Gasteiger partial charge in [-0.1, -0.05) is 42.5 Å². The Kier molecular flexibility index (Phi) is 7.03. The quantitative estimate of drug-likeness (QED) is 0.288. The van der Waals surface area contributed by atoms with E-state index in [1.165, 1.54) is 5.56 Å². The average Bonchev–Trinajstić information content (AvgIpc) is 2.64. The minimum Gasteiger partial charge on any atom is -0.490 e. The zero-order chi connectivity index (χ0) is 18.9. The first-order chi connectivity index (χ1) is 12.5. The van der Waals surface area contributed by atoms with Gasteiger partial charge in [-0.05, 0) is 38.5 Å². The highest BCUT2D eigenvalue weighted by molar-refractivity contribution is 5.86. The van der Waals surface area contributed by atoms with E-state index in [1.807, 2.05) is 31.2 Å². The Morgan fingerprint density at radius 1 is 1.12 bits per heavy atom. The fraction of sp³-hybridized carbons (Fsp3) is 0.227. The number of carbonyl (C=O) groups is 1. The van der Waals surface area contributed by atoms with E-state index >= 15 is 0 Å². The highest BCUT2D eigenvalue weighted by Crippen LogP contribution is 2.34. The topological polar surface area (TPSA) is 44.8 Å². The molecule has 0 spiro atoms. The number of aryl methyl sites for hydroxylation is 1. The number of hydrogen-bond acceptors (Lipinski definition) is 4. The number of hydrogen-bond donors (Lipinski definition) is 0. The smallest absolute Gasteiger partial charge is 0.333 e. The molecule has 0 aliphatic rings. The molecule has 2 aromatic carbocycles. The zero-order valence-electron chi connectivity index (χ0n) is 15.5. The molecular formula is C22H24O4. The van der Waals surface area contributed by atoms with E-state index in [1.54, 1.807) is 13.2 Å². The second kappa shape index (κ2) is 9.47. The van der Waals surface area contributed by atoms with Crippen molar-refractivity contribution >= 4 is 5.97 Å². The lowest BCUT2D eigenvalue weighted by atomic mass is 10.0. The molecule has 2 aromatic rings. The van der Waals surface area contributed by atoms with E-state index in [9.17, 15) is 4.79 Å². The van der Waals surface area contributed by atoms with Crippen molar-refractivity contribution in [1.82, 2.24) is 0 Å². The van der Waals surface area contributed by atoms with Crippen molar-refractivity contribution in [2.45, 2.75) is 20.8 Å². The number of ether oxygens (including phenoxy) is 3. The van der Waals surface area contributed by atoms with Gasteiger partial charge in [-0.2, -0.15) is 0 Å². The fourth-order valence-electron chi connectivity index (χ4n) is 2.22. The highest BCUT2D eigenvalue weighted by atomic mass is 16.6. The van der Waals surface area contributed by atoms with E-state index in [0.717, 1.165) is 11.1 Å². The number of carbonyl (C=O) groups excluding carboxylic acids is 1. The van der Waals surface area contributed by atoms with Crippen molar-refractivity contribution in [2.75, 3.05) is 13.2 Å². The van der Waals surface area contributed by atoms with Crippen LogP contribution in [-0.2, 0) is 9.53 Å². The van der Waals surface area contributed by atoms with Gasteiger partial charge < -0.3 is 14.2 Å². The normalized spacial score (nSPS) is 10.6. The van der Waals surface area contributed by atoms with Gasteiger partial charge >= 0.3 is 5.97 Å². The number of esters is 1. The molecule has 0 radical (unpaired) electrons. The summed E-state index contributed by atoms with van der Waals surface area (Å²) < 4.78 is 16.4. The molecule has 0 N–H and O–H groups in total. The number of benzene rings is 2. The van der Waals surface area contributed by atoms with Crippen LogP contribution < -0.4 is 9.47 Å². The summed E-state index contributed by atoms with van der Waals surface area (Å²) in [5.41, 5.74) is 3.62. The van der Waals surface area contributed by atoms with E-state index in [-0.39, 0.29) is 13.2 Å². The van der Waals surface area contributed by atoms with Gasteiger partial charge in [0.2, 0.25) is 0 Å². The molecule has 0 heterocycles. The molecule has 4 nitrogen and oxygen atoms in total. The minimum atomic E-state index is -0.416. The lowest BCUT2D eigenvalue weighted by molar-refractivity contribution is -0.139. The van der Waals surface area contributed by atoms with Crippen LogP contribution >= 0.6 is 0 Å². The molecule has 0 unspecified atom stereocenters. The molecule has 4 heteroatoms. The molecule has 0 aliphatic heterocycles. The van der Waals surface area contributed by atoms with Gasteiger partial charge in [-0.15, -0.1) is 0 Å². The monoisotopic (exact) mass is 352 g/mol. The van der Waals surface area contributed by atoms with E-state index in [0.29, 0.717) is 17.1 Å². The molecule has 0 saturated carbocycles. The molecule has 0 fully saturated rings. The van der Waals surface area contributed by atoms with E-state index in [2.05, 4.69) is 37.8 Å². The Labute approximate surface area is 154 Å². The third-order valence-electron chi connectivity index (χ3n) is 3.58. The summed E-state index contributed by atoms with van der Waals surface area (Å²) in [4.78, 5) is 11.3. The van der Waals surface area contributed by atoms with Gasteiger partial charge in [0.05, 0.1) is 6.26 Å². The average molecular weight is 352 g/mol. The number of rotatable bonds is 8. The van der Waals surface area contributed by atoms with Crippen LogP contribution in [0.15, 0.2) is 67.0 Å². The van der Waals surface area contributed by atoms with Crippen molar-refractivity contribution < 1.29 is 19.0 Å². The summed E-state index contributed by atoms with van der Waals surface area (Å²) in [5, 5.41) is 0. The van der Waals surface area contributed by atoms with Crippen LogP contribution in [0.4, 0.5) is 0 Å². The zero-order valence-corrected chi connectivity index (χ0v) is 15.5. The standard InChI is InChI=1S/C22H24O4/c1-5-12-25-21-15-19(24-13-14-26-22(23)16(2)3)10-11-20(21)18-8-6-17(4)7-9-18/h5-12,15H,2,13-14H2,1,3-4H3. The molecule has 0 saturated heterocycles. The highest BCUT2D eigenvalue weighted by Gasteiger charge is 2.09. The first-order valence-corrected chi connectivity index (χ1v) is 8.45. The summed E-state index contributed by atoms with van der Waals surface area (Å²) in [6.07, 6.45) is 3.45. The lowest BCUT2D eigenvalue weighted by Gasteiger charge is -2.13. The van der Waals surface area contributed by atoms with Crippen molar-refractivity contribution in [3.8, 4) is 22.6 Å². The predicted molar refractivity (Wildman–Crippen MR) is 103 cm³/mol. The Hall–Kier alpha value is -3.01.